The van der Waals surface area contributed by atoms with Crippen molar-refractivity contribution in [1.29, 1.82) is 0 Å². The van der Waals surface area contributed by atoms with Gasteiger partial charge < -0.3 is 0 Å². The van der Waals surface area contributed by atoms with Crippen LogP contribution in [-0.4, -0.2) is 20.2 Å². The minimum atomic E-state index is -1.15. The van der Waals surface area contributed by atoms with Crippen LogP contribution in [0, 0.1) is 0 Å². The van der Waals surface area contributed by atoms with Crippen LogP contribution in [-0.2, 0) is 17.8 Å². The maximum atomic E-state index is 11.4. The van der Waals surface area contributed by atoms with Crippen molar-refractivity contribution in [3.63, 3.8) is 0 Å². The molecule has 18 heavy (non-hydrogen) atoms. The first kappa shape index (κ1) is 13.9. The van der Waals surface area contributed by atoms with Crippen LogP contribution < -0.4 is 0 Å². The minimum Gasteiger partial charge on any atom is -0.267 e. The molecule has 0 aliphatic heterocycles. The molecule has 0 aliphatic carbocycles. The largest absolute Gasteiger partial charge is 0.267 e. The molecule has 1 atom stereocenters. The Morgan fingerprint density at radius 1 is 1.17 bits per heavy atom. The van der Waals surface area contributed by atoms with Crippen LogP contribution in [0.25, 0.3) is 11.3 Å². The molecule has 0 radical (unpaired) electrons. The van der Waals surface area contributed by atoms with Crippen molar-refractivity contribution in [2.24, 2.45) is 7.05 Å². The van der Waals surface area contributed by atoms with Gasteiger partial charge in [0.15, 0.2) is 0 Å². The number of nitrogens with zero attached hydrogens (tertiary/aromatic N) is 2. The maximum Gasteiger partial charge on any atom is 0.149 e. The van der Waals surface area contributed by atoms with Crippen LogP contribution in [0.4, 0.5) is 0 Å². The molecule has 0 bridgehead atoms. The van der Waals surface area contributed by atoms with E-state index in [4.69, 9.17) is 34.8 Å². The van der Waals surface area contributed by atoms with Gasteiger partial charge in [-0.1, -0.05) is 34.8 Å². The zero-order chi connectivity index (χ0) is 13.4. The highest BCUT2D eigenvalue weighted by molar-refractivity contribution is 7.84. The second-order valence-electron chi connectivity index (χ2n) is 3.69. The predicted molar refractivity (Wildman–Crippen MR) is 76.0 cm³/mol. The van der Waals surface area contributed by atoms with Gasteiger partial charge in [0.25, 0.3) is 0 Å². The van der Waals surface area contributed by atoms with E-state index in [1.54, 1.807) is 36.2 Å². The summed E-state index contributed by atoms with van der Waals surface area (Å²) >= 11 is 18.2. The van der Waals surface area contributed by atoms with Crippen LogP contribution in [0.15, 0.2) is 23.2 Å². The number of benzene rings is 1. The predicted octanol–water partition coefficient (Wildman–Crippen LogP) is 3.78. The molecule has 0 aliphatic rings. The van der Waals surface area contributed by atoms with E-state index in [1.165, 1.54) is 0 Å². The van der Waals surface area contributed by atoms with Gasteiger partial charge in [-0.25, -0.2) is 0 Å². The molecule has 3 nitrogen and oxygen atoms in total. The summed E-state index contributed by atoms with van der Waals surface area (Å²) in [6, 6.07) is 4.93. The van der Waals surface area contributed by atoms with Gasteiger partial charge in [-0.05, 0) is 12.1 Å². The average Bonchev–Trinajstić information content (AvgIpc) is 2.59. The normalized spacial score (nSPS) is 12.7. The number of rotatable bonds is 2. The molecular formula is C11H9Cl3N2OS. The van der Waals surface area contributed by atoms with Gasteiger partial charge in [-0.3, -0.25) is 8.89 Å². The van der Waals surface area contributed by atoms with Crippen molar-refractivity contribution >= 4 is 45.6 Å². The highest BCUT2D eigenvalue weighted by Crippen LogP contribution is 2.37. The highest BCUT2D eigenvalue weighted by Gasteiger charge is 2.16. The number of hydrogen-bond donors (Lipinski definition) is 0. The van der Waals surface area contributed by atoms with E-state index in [9.17, 15) is 4.21 Å². The third-order valence-electron chi connectivity index (χ3n) is 2.41. The summed E-state index contributed by atoms with van der Waals surface area (Å²) in [5.41, 5.74) is 1.33. The fourth-order valence-corrected chi connectivity index (χ4v) is 3.13. The van der Waals surface area contributed by atoms with Crippen molar-refractivity contribution in [2.75, 3.05) is 6.26 Å². The molecular weight excluding hydrogens is 315 g/mol. The van der Waals surface area contributed by atoms with E-state index < -0.39 is 10.8 Å². The molecule has 0 amide bonds. The molecule has 96 valence electrons. The number of aromatic nitrogens is 2. The van der Waals surface area contributed by atoms with E-state index in [0.717, 1.165) is 0 Å². The molecule has 1 aromatic carbocycles. The van der Waals surface area contributed by atoms with Crippen molar-refractivity contribution < 1.29 is 4.21 Å². The monoisotopic (exact) mass is 322 g/mol. The molecule has 0 saturated carbocycles. The summed E-state index contributed by atoms with van der Waals surface area (Å²) in [5, 5.41) is 5.97. The van der Waals surface area contributed by atoms with Gasteiger partial charge >= 0.3 is 0 Å². The van der Waals surface area contributed by atoms with Crippen molar-refractivity contribution in [3.8, 4) is 11.3 Å². The van der Waals surface area contributed by atoms with Gasteiger partial charge in [0, 0.05) is 30.0 Å². The quantitative estimate of drug-likeness (QED) is 0.843. The van der Waals surface area contributed by atoms with Crippen LogP contribution in [0.5, 0.6) is 0 Å². The summed E-state index contributed by atoms with van der Waals surface area (Å²) < 4.78 is 13.0. The summed E-state index contributed by atoms with van der Waals surface area (Å²) in [7, 11) is 0.589. The summed E-state index contributed by atoms with van der Waals surface area (Å²) in [6.07, 6.45) is 1.57. The summed E-state index contributed by atoms with van der Waals surface area (Å²) in [5.74, 6) is 0. The highest BCUT2D eigenvalue weighted by atomic mass is 35.5. The van der Waals surface area contributed by atoms with E-state index in [1.807, 2.05) is 0 Å². The Morgan fingerprint density at radius 3 is 2.17 bits per heavy atom. The molecule has 2 rings (SSSR count). The minimum absolute atomic E-state index is 0.434. The van der Waals surface area contributed by atoms with Crippen molar-refractivity contribution in [2.45, 2.75) is 5.03 Å². The molecule has 7 heteroatoms. The van der Waals surface area contributed by atoms with E-state index >= 15 is 0 Å². The number of hydrogen-bond acceptors (Lipinski definition) is 2. The second-order valence-corrected chi connectivity index (χ2v) is 6.27. The second kappa shape index (κ2) is 5.21. The molecule has 1 heterocycles. The molecule has 0 N–H and O–H groups in total. The first-order valence-corrected chi connectivity index (χ1v) is 7.61. The molecule has 1 unspecified atom stereocenters. The Kier molecular flexibility index (Phi) is 4.02. The summed E-state index contributed by atoms with van der Waals surface area (Å²) in [4.78, 5) is 0. The Bertz CT molecular complexity index is 616. The first-order valence-electron chi connectivity index (χ1n) is 4.92. The molecule has 0 saturated heterocycles. The Hall–Kier alpha value is -0.550. The molecule has 0 spiro atoms. The smallest absolute Gasteiger partial charge is 0.149 e. The van der Waals surface area contributed by atoms with Crippen molar-refractivity contribution in [3.05, 3.63) is 33.3 Å². The average molecular weight is 324 g/mol. The molecule has 2 aromatic rings. The van der Waals surface area contributed by atoms with E-state index in [-0.39, 0.29) is 0 Å². The van der Waals surface area contributed by atoms with Crippen LogP contribution >= 0.6 is 34.8 Å². The maximum absolute atomic E-state index is 11.4. The Labute approximate surface area is 122 Å². The van der Waals surface area contributed by atoms with Gasteiger partial charge in [-0.2, -0.15) is 5.10 Å². The third-order valence-corrected chi connectivity index (χ3v) is 4.02. The topological polar surface area (TPSA) is 34.9 Å². The van der Waals surface area contributed by atoms with Gasteiger partial charge in [-0.15, -0.1) is 0 Å². The zero-order valence-electron chi connectivity index (χ0n) is 9.58. The lowest BCUT2D eigenvalue weighted by molar-refractivity contribution is 0.676. The van der Waals surface area contributed by atoms with E-state index in [0.29, 0.717) is 31.4 Å². The third kappa shape index (κ3) is 2.57. The van der Waals surface area contributed by atoms with Crippen LogP contribution in [0.2, 0.25) is 15.1 Å². The lowest BCUT2D eigenvalue weighted by Crippen LogP contribution is -1.96. The van der Waals surface area contributed by atoms with Crippen LogP contribution in [0.1, 0.15) is 0 Å². The standard InChI is InChI=1S/C11H9Cl3N2OS/c1-16-9(5-10(15-16)18(2)17)11-7(13)3-6(12)4-8(11)14/h3-5H,1-2H3. The lowest BCUT2D eigenvalue weighted by Gasteiger charge is -2.07. The van der Waals surface area contributed by atoms with Crippen molar-refractivity contribution in [1.82, 2.24) is 9.78 Å². The zero-order valence-corrected chi connectivity index (χ0v) is 12.7. The van der Waals surface area contributed by atoms with Gasteiger partial charge in [0.05, 0.1) is 26.5 Å². The first-order chi connectivity index (χ1) is 8.40. The van der Waals surface area contributed by atoms with Crippen LogP contribution in [0.3, 0.4) is 0 Å². The Morgan fingerprint density at radius 2 is 1.72 bits per heavy atom. The van der Waals surface area contributed by atoms with E-state index in [2.05, 4.69) is 5.10 Å². The number of aryl methyl sites for hydroxylation is 1. The fraction of sp³-hybridized carbons (Fsp3) is 0.182. The molecule has 0 fully saturated rings. The lowest BCUT2D eigenvalue weighted by atomic mass is 10.1. The van der Waals surface area contributed by atoms with Gasteiger partial charge in [0.1, 0.15) is 5.03 Å². The fourth-order valence-electron chi connectivity index (χ4n) is 1.60. The van der Waals surface area contributed by atoms with Gasteiger partial charge in [0.2, 0.25) is 0 Å². The summed E-state index contributed by atoms with van der Waals surface area (Å²) in [6.45, 7) is 0. The SMILES string of the molecule is Cn1nc(S(C)=O)cc1-c1c(Cl)cc(Cl)cc1Cl. The number of halogens is 3. The molecule has 1 aromatic heterocycles. The Balaban J connectivity index is 2.66.